The first-order valence-corrected chi connectivity index (χ1v) is 5.51. The molecule has 0 saturated carbocycles. The van der Waals surface area contributed by atoms with Crippen molar-refractivity contribution in [2.45, 2.75) is 45.9 Å². The van der Waals surface area contributed by atoms with E-state index in [1.807, 2.05) is 6.92 Å². The number of quaternary nitrogens is 1. The second kappa shape index (κ2) is 5.03. The lowest BCUT2D eigenvalue weighted by molar-refractivity contribution is -1.07. The van der Waals surface area contributed by atoms with Gasteiger partial charge in [0.2, 0.25) is 6.17 Å². The maximum absolute atomic E-state index is 11.9. The van der Waals surface area contributed by atoms with Gasteiger partial charge in [0.15, 0.2) is 0 Å². The molecule has 98 valence electrons. The maximum atomic E-state index is 11.9. The summed E-state index contributed by atoms with van der Waals surface area (Å²) < 4.78 is 5.23. The van der Waals surface area contributed by atoms with Crippen LogP contribution in [0.2, 0.25) is 0 Å². The Morgan fingerprint density at radius 3 is 2.65 bits per heavy atom. The van der Waals surface area contributed by atoms with Crippen LogP contribution in [0.4, 0.5) is 4.79 Å². The number of carbonyl (C=O) groups excluding carboxylic acids is 1. The summed E-state index contributed by atoms with van der Waals surface area (Å²) in [7, 11) is 1.31. The van der Waals surface area contributed by atoms with Gasteiger partial charge in [-0.2, -0.15) is 0 Å². The van der Waals surface area contributed by atoms with Gasteiger partial charge in [-0.25, -0.2) is 19.8 Å². The summed E-state index contributed by atoms with van der Waals surface area (Å²) in [6.45, 7) is 7.21. The van der Waals surface area contributed by atoms with Crippen molar-refractivity contribution >= 4 is 6.09 Å². The Kier molecular flexibility index (Phi) is 4.13. The molecule has 6 heteroatoms. The third-order valence-electron chi connectivity index (χ3n) is 2.29. The minimum Gasteiger partial charge on any atom is -0.598 e. The molecular weight excluding hydrogens is 224 g/mol. The maximum Gasteiger partial charge on any atom is 0.419 e. The van der Waals surface area contributed by atoms with E-state index in [2.05, 4.69) is 4.84 Å². The van der Waals surface area contributed by atoms with E-state index >= 15 is 0 Å². The molecule has 0 spiro atoms. The molecule has 0 aromatic rings. The lowest BCUT2D eigenvalue weighted by Crippen LogP contribution is -3.11. The highest BCUT2D eigenvalue weighted by atomic mass is 16.9. The Morgan fingerprint density at radius 1 is 1.59 bits per heavy atom. The number of hydroxylamine groups is 2. The first-order chi connectivity index (χ1) is 7.74. The third-order valence-corrected chi connectivity index (χ3v) is 2.29. The summed E-state index contributed by atoms with van der Waals surface area (Å²) in [6, 6.07) is 0. The van der Waals surface area contributed by atoms with Crippen molar-refractivity contribution < 1.29 is 19.6 Å². The summed E-state index contributed by atoms with van der Waals surface area (Å²) in [5.41, 5.74) is 0.369. The Labute approximate surface area is 101 Å². The van der Waals surface area contributed by atoms with Crippen molar-refractivity contribution in [1.82, 2.24) is 4.90 Å². The molecule has 0 aromatic carbocycles. The zero-order valence-electron chi connectivity index (χ0n) is 10.9. The molecule has 1 amide bonds. The molecule has 0 aromatic heterocycles. The SMILES string of the molecule is CO[NH+]([O-])[C@@H]1CC(C)=CN1C(=O)OC(C)(C)C. The first-order valence-electron chi connectivity index (χ1n) is 5.51. The molecule has 0 bridgehead atoms. The predicted molar refractivity (Wildman–Crippen MR) is 61.6 cm³/mol. The van der Waals surface area contributed by atoms with Gasteiger partial charge in [0.1, 0.15) is 5.60 Å². The Balaban J connectivity index is 2.76. The van der Waals surface area contributed by atoms with E-state index in [1.54, 1.807) is 27.0 Å². The van der Waals surface area contributed by atoms with Crippen molar-refractivity contribution in [1.29, 1.82) is 0 Å². The fourth-order valence-electron chi connectivity index (χ4n) is 1.61. The van der Waals surface area contributed by atoms with Crippen LogP contribution in [0.5, 0.6) is 0 Å². The van der Waals surface area contributed by atoms with Crippen LogP contribution in [0.3, 0.4) is 0 Å². The fourth-order valence-corrected chi connectivity index (χ4v) is 1.61. The van der Waals surface area contributed by atoms with E-state index in [0.29, 0.717) is 6.42 Å². The van der Waals surface area contributed by atoms with E-state index in [0.717, 1.165) is 5.57 Å². The van der Waals surface area contributed by atoms with Gasteiger partial charge in [0.25, 0.3) is 0 Å². The zero-order valence-corrected chi connectivity index (χ0v) is 10.9. The molecule has 6 nitrogen and oxygen atoms in total. The summed E-state index contributed by atoms with van der Waals surface area (Å²) in [4.78, 5) is 17.9. The molecule has 1 rings (SSSR count). The largest absolute Gasteiger partial charge is 0.598 e. The number of hydrogen-bond donors (Lipinski definition) is 1. The summed E-state index contributed by atoms with van der Waals surface area (Å²) in [5, 5.41) is 11.1. The molecule has 0 fully saturated rings. The minimum atomic E-state index is -0.602. The zero-order chi connectivity index (χ0) is 13.2. The summed E-state index contributed by atoms with van der Waals surface area (Å²) in [5.74, 6) is 0. The molecule has 1 heterocycles. The first kappa shape index (κ1) is 14.0. The smallest absolute Gasteiger partial charge is 0.419 e. The molecule has 1 N–H and O–H groups in total. The van der Waals surface area contributed by atoms with Crippen molar-refractivity contribution in [3.05, 3.63) is 17.0 Å². The van der Waals surface area contributed by atoms with E-state index in [9.17, 15) is 10.0 Å². The summed E-state index contributed by atoms with van der Waals surface area (Å²) in [6.07, 6.45) is 1.00. The van der Waals surface area contributed by atoms with Gasteiger partial charge < -0.3 is 9.94 Å². The van der Waals surface area contributed by atoms with Gasteiger partial charge in [-0.15, -0.1) is 0 Å². The van der Waals surface area contributed by atoms with Crippen LogP contribution in [0.1, 0.15) is 34.1 Å². The number of carbonyl (C=O) groups is 1. The van der Waals surface area contributed by atoms with Gasteiger partial charge in [-0.1, -0.05) is 0 Å². The Bertz CT molecular complexity index is 322. The molecule has 0 saturated heterocycles. The number of rotatable bonds is 2. The molecule has 17 heavy (non-hydrogen) atoms. The number of hydrogen-bond acceptors (Lipinski definition) is 4. The van der Waals surface area contributed by atoms with Crippen molar-refractivity contribution in [3.63, 3.8) is 0 Å². The molecule has 0 radical (unpaired) electrons. The molecule has 1 aliphatic heterocycles. The van der Waals surface area contributed by atoms with Crippen LogP contribution in [0.25, 0.3) is 0 Å². The van der Waals surface area contributed by atoms with Crippen LogP contribution in [-0.2, 0) is 9.57 Å². The lowest BCUT2D eigenvalue weighted by atomic mass is 10.2. The van der Waals surface area contributed by atoms with Gasteiger partial charge in [0.05, 0.1) is 7.11 Å². The second-order valence-electron chi connectivity index (χ2n) is 5.11. The Hall–Kier alpha value is -1.11. The Morgan fingerprint density at radius 2 is 2.18 bits per heavy atom. The quantitative estimate of drug-likeness (QED) is 0.730. The van der Waals surface area contributed by atoms with Crippen LogP contribution in [0.15, 0.2) is 11.8 Å². The number of nitrogens with zero attached hydrogens (tertiary/aromatic N) is 1. The predicted octanol–water partition coefficient (Wildman–Crippen LogP) is 0.801. The van der Waals surface area contributed by atoms with E-state index in [4.69, 9.17) is 4.74 Å². The van der Waals surface area contributed by atoms with Crippen LogP contribution in [0, 0.1) is 5.21 Å². The lowest BCUT2D eigenvalue weighted by Gasteiger charge is -2.32. The van der Waals surface area contributed by atoms with Crippen molar-refractivity contribution in [2.24, 2.45) is 0 Å². The number of ether oxygens (including phenoxy) is 1. The highest BCUT2D eigenvalue weighted by Crippen LogP contribution is 2.20. The molecule has 1 unspecified atom stereocenters. The number of nitrogens with one attached hydrogen (secondary N) is 1. The average Bonchev–Trinajstić information content (AvgIpc) is 2.56. The summed E-state index contributed by atoms with van der Waals surface area (Å²) >= 11 is 0. The molecule has 0 aliphatic carbocycles. The van der Waals surface area contributed by atoms with Crippen molar-refractivity contribution in [2.75, 3.05) is 7.11 Å². The minimum absolute atomic E-state index is 0.427. The molecule has 2 atom stereocenters. The molecule has 1 aliphatic rings. The highest BCUT2D eigenvalue weighted by Gasteiger charge is 2.36. The number of amides is 1. The third kappa shape index (κ3) is 3.69. The van der Waals surface area contributed by atoms with E-state index in [-0.39, 0.29) is 0 Å². The van der Waals surface area contributed by atoms with Gasteiger partial charge in [-0.05, 0) is 33.3 Å². The van der Waals surface area contributed by atoms with E-state index < -0.39 is 23.1 Å². The highest BCUT2D eigenvalue weighted by molar-refractivity contribution is 5.70. The molecular formula is C11H20N2O4. The normalized spacial score (nSPS) is 22.4. The fraction of sp³-hybridized carbons (Fsp3) is 0.727. The van der Waals surface area contributed by atoms with Crippen LogP contribution < -0.4 is 5.23 Å². The average molecular weight is 244 g/mol. The van der Waals surface area contributed by atoms with E-state index in [1.165, 1.54) is 12.0 Å². The van der Waals surface area contributed by atoms with Gasteiger partial charge in [-0.3, -0.25) is 0 Å². The standard InChI is InChI=1S/C11H20N2O4/c1-8-6-9(13(15)16-5)12(7-8)10(14)17-11(2,3)4/h7,9,13H,6H2,1-5H3/t9-/m1/s1. The van der Waals surface area contributed by atoms with Crippen LogP contribution in [-0.4, -0.2) is 29.9 Å². The second-order valence-corrected chi connectivity index (χ2v) is 5.11. The van der Waals surface area contributed by atoms with Gasteiger partial charge >= 0.3 is 6.09 Å². The van der Waals surface area contributed by atoms with Crippen LogP contribution >= 0.6 is 0 Å². The van der Waals surface area contributed by atoms with Crippen molar-refractivity contribution in [3.8, 4) is 0 Å². The monoisotopic (exact) mass is 244 g/mol. The van der Waals surface area contributed by atoms with Gasteiger partial charge in [0, 0.05) is 12.6 Å². The topological polar surface area (TPSA) is 66.3 Å².